The first-order chi connectivity index (χ1) is 8.41. The molecule has 18 heavy (non-hydrogen) atoms. The molecule has 0 bridgehead atoms. The van der Waals surface area contributed by atoms with E-state index in [-0.39, 0.29) is 17.6 Å². The topological polar surface area (TPSA) is 32.3 Å². The van der Waals surface area contributed by atoms with Crippen molar-refractivity contribution < 1.29 is 4.79 Å². The van der Waals surface area contributed by atoms with E-state index in [1.54, 1.807) is 0 Å². The first kappa shape index (κ1) is 15.8. The molecule has 0 aromatic rings. The Morgan fingerprint density at radius 2 is 2.06 bits per heavy atom. The van der Waals surface area contributed by atoms with E-state index in [0.29, 0.717) is 12.0 Å². The van der Waals surface area contributed by atoms with Crippen LogP contribution in [-0.2, 0) is 4.79 Å². The van der Waals surface area contributed by atoms with Crippen molar-refractivity contribution in [3.8, 4) is 0 Å². The van der Waals surface area contributed by atoms with Crippen LogP contribution in [0.15, 0.2) is 0 Å². The Hall–Kier alpha value is -0.220. The number of carbonyl (C=O) groups is 1. The summed E-state index contributed by atoms with van der Waals surface area (Å²) in [6, 6.07) is 0.348. The minimum absolute atomic E-state index is 0.180. The molecular weight excluding hydrogens is 244 g/mol. The SMILES string of the molecule is CCC(CSC)N1C(=O)C(C)(CC)NC1C(C)C. The van der Waals surface area contributed by atoms with Crippen molar-refractivity contribution in [3.63, 3.8) is 0 Å². The second kappa shape index (κ2) is 6.29. The quantitative estimate of drug-likeness (QED) is 0.807. The zero-order valence-electron chi connectivity index (χ0n) is 12.6. The third-order valence-corrected chi connectivity index (χ3v) is 4.75. The van der Waals surface area contributed by atoms with Crippen molar-refractivity contribution in [1.82, 2.24) is 10.2 Å². The second-order valence-corrected chi connectivity index (χ2v) is 6.66. The van der Waals surface area contributed by atoms with Gasteiger partial charge in [-0.25, -0.2) is 0 Å². The van der Waals surface area contributed by atoms with E-state index < -0.39 is 0 Å². The van der Waals surface area contributed by atoms with Gasteiger partial charge < -0.3 is 4.90 Å². The molecule has 1 heterocycles. The second-order valence-electron chi connectivity index (χ2n) is 5.75. The van der Waals surface area contributed by atoms with Crippen molar-refractivity contribution in [2.24, 2.45) is 5.92 Å². The van der Waals surface area contributed by atoms with Crippen molar-refractivity contribution >= 4 is 17.7 Å². The van der Waals surface area contributed by atoms with Crippen LogP contribution in [0.1, 0.15) is 47.5 Å². The van der Waals surface area contributed by atoms with Gasteiger partial charge in [0.15, 0.2) is 0 Å². The smallest absolute Gasteiger partial charge is 0.244 e. The Morgan fingerprint density at radius 3 is 2.44 bits per heavy atom. The molecule has 0 radical (unpaired) electrons. The molecule has 1 saturated heterocycles. The molecule has 1 aliphatic rings. The van der Waals surface area contributed by atoms with Gasteiger partial charge in [-0.1, -0.05) is 27.7 Å². The molecule has 0 spiro atoms. The maximum atomic E-state index is 12.7. The van der Waals surface area contributed by atoms with Crippen LogP contribution in [0.4, 0.5) is 0 Å². The molecule has 1 aliphatic heterocycles. The average Bonchev–Trinajstić information content (AvgIpc) is 2.61. The number of carbonyl (C=O) groups excluding carboxylic acids is 1. The molecule has 1 N–H and O–H groups in total. The maximum absolute atomic E-state index is 12.7. The van der Waals surface area contributed by atoms with Gasteiger partial charge in [-0.3, -0.25) is 10.1 Å². The summed E-state index contributed by atoms with van der Waals surface area (Å²) < 4.78 is 0. The number of thioether (sulfide) groups is 1. The number of hydrogen-bond donors (Lipinski definition) is 1. The molecule has 3 atom stereocenters. The number of hydrogen-bond acceptors (Lipinski definition) is 3. The van der Waals surface area contributed by atoms with Crippen LogP contribution in [0.3, 0.4) is 0 Å². The zero-order valence-corrected chi connectivity index (χ0v) is 13.4. The van der Waals surface area contributed by atoms with Crippen LogP contribution in [0, 0.1) is 5.92 Å². The van der Waals surface area contributed by atoms with Gasteiger partial charge in [-0.2, -0.15) is 11.8 Å². The van der Waals surface area contributed by atoms with Crippen LogP contribution in [0.5, 0.6) is 0 Å². The fourth-order valence-corrected chi connectivity index (χ4v) is 3.37. The van der Waals surface area contributed by atoms with Crippen LogP contribution < -0.4 is 5.32 Å². The summed E-state index contributed by atoms with van der Waals surface area (Å²) >= 11 is 1.82. The summed E-state index contributed by atoms with van der Waals surface area (Å²) in [6.45, 7) is 10.7. The Kier molecular flexibility index (Phi) is 5.53. The highest BCUT2D eigenvalue weighted by molar-refractivity contribution is 7.98. The van der Waals surface area contributed by atoms with Crippen LogP contribution in [0.2, 0.25) is 0 Å². The highest BCUT2D eigenvalue weighted by atomic mass is 32.2. The van der Waals surface area contributed by atoms with Gasteiger partial charge in [0.05, 0.1) is 11.7 Å². The van der Waals surface area contributed by atoms with Gasteiger partial charge >= 0.3 is 0 Å². The lowest BCUT2D eigenvalue weighted by molar-refractivity contribution is -0.135. The average molecular weight is 272 g/mol. The fourth-order valence-electron chi connectivity index (χ4n) is 2.59. The van der Waals surface area contributed by atoms with Crippen LogP contribution >= 0.6 is 11.8 Å². The molecule has 1 fully saturated rings. The van der Waals surface area contributed by atoms with E-state index in [4.69, 9.17) is 0 Å². The standard InChI is InChI=1S/C14H28N2OS/c1-7-11(9-18-6)16-12(10(3)4)15-14(5,8-2)13(16)17/h10-12,15H,7-9H2,1-6H3. The molecule has 0 aliphatic carbocycles. The van der Waals surface area contributed by atoms with Gasteiger partial charge in [-0.05, 0) is 31.9 Å². The zero-order chi connectivity index (χ0) is 13.9. The molecular formula is C14H28N2OS. The van der Waals surface area contributed by atoms with Crippen molar-refractivity contribution in [2.45, 2.75) is 65.2 Å². The Balaban J connectivity index is 3.00. The molecule has 0 aromatic heterocycles. The third kappa shape index (κ3) is 2.85. The van der Waals surface area contributed by atoms with E-state index in [9.17, 15) is 4.79 Å². The molecule has 3 nitrogen and oxygen atoms in total. The van der Waals surface area contributed by atoms with Gasteiger partial charge in [-0.15, -0.1) is 0 Å². The van der Waals surface area contributed by atoms with E-state index >= 15 is 0 Å². The minimum Gasteiger partial charge on any atom is -0.321 e. The predicted octanol–water partition coefficient (Wildman–Crippen LogP) is 2.71. The first-order valence-electron chi connectivity index (χ1n) is 7.00. The lowest BCUT2D eigenvalue weighted by atomic mass is 9.99. The Labute approximate surface area is 116 Å². The van der Waals surface area contributed by atoms with Crippen molar-refractivity contribution in [1.29, 1.82) is 0 Å². The molecule has 106 valence electrons. The largest absolute Gasteiger partial charge is 0.321 e. The van der Waals surface area contributed by atoms with E-state index in [0.717, 1.165) is 18.6 Å². The molecule has 1 amide bonds. The summed E-state index contributed by atoms with van der Waals surface area (Å²) in [5.74, 6) is 1.75. The molecule has 4 heteroatoms. The van der Waals surface area contributed by atoms with Gasteiger partial charge in [0.25, 0.3) is 0 Å². The summed E-state index contributed by atoms with van der Waals surface area (Å²) in [7, 11) is 0. The number of nitrogens with zero attached hydrogens (tertiary/aromatic N) is 1. The first-order valence-corrected chi connectivity index (χ1v) is 8.40. The lowest BCUT2D eigenvalue weighted by Gasteiger charge is -2.34. The third-order valence-electron chi connectivity index (χ3n) is 4.03. The number of rotatable bonds is 6. The molecule has 1 rings (SSSR count). The summed E-state index contributed by atoms with van der Waals surface area (Å²) in [5.41, 5.74) is -0.374. The van der Waals surface area contributed by atoms with Gasteiger partial charge in [0, 0.05) is 11.8 Å². The Bertz CT molecular complexity index is 296. The summed E-state index contributed by atoms with van der Waals surface area (Å²) in [6.07, 6.45) is 4.16. The van der Waals surface area contributed by atoms with Crippen molar-refractivity contribution in [3.05, 3.63) is 0 Å². The van der Waals surface area contributed by atoms with Gasteiger partial charge in [0.2, 0.25) is 5.91 Å². The summed E-state index contributed by atoms with van der Waals surface area (Å²) in [4.78, 5) is 14.8. The predicted molar refractivity (Wildman–Crippen MR) is 79.8 cm³/mol. The molecule has 0 saturated carbocycles. The lowest BCUT2D eigenvalue weighted by Crippen LogP contribution is -2.48. The molecule has 0 aromatic carbocycles. The minimum atomic E-state index is -0.374. The molecule has 3 unspecified atom stereocenters. The monoisotopic (exact) mass is 272 g/mol. The normalized spacial score (nSPS) is 30.3. The highest BCUT2D eigenvalue weighted by Gasteiger charge is 2.49. The number of amides is 1. The number of nitrogens with one attached hydrogen (secondary N) is 1. The fraction of sp³-hybridized carbons (Fsp3) is 0.929. The van der Waals surface area contributed by atoms with E-state index in [2.05, 4.69) is 44.2 Å². The van der Waals surface area contributed by atoms with Crippen molar-refractivity contribution in [2.75, 3.05) is 12.0 Å². The summed E-state index contributed by atoms with van der Waals surface area (Å²) in [5, 5.41) is 3.56. The van der Waals surface area contributed by atoms with E-state index in [1.165, 1.54) is 0 Å². The maximum Gasteiger partial charge on any atom is 0.244 e. The van der Waals surface area contributed by atoms with Crippen LogP contribution in [0.25, 0.3) is 0 Å². The highest BCUT2D eigenvalue weighted by Crippen LogP contribution is 2.30. The van der Waals surface area contributed by atoms with Gasteiger partial charge in [0.1, 0.15) is 0 Å². The van der Waals surface area contributed by atoms with E-state index in [1.807, 2.05) is 18.7 Å². The Morgan fingerprint density at radius 1 is 1.44 bits per heavy atom. The van der Waals surface area contributed by atoms with Crippen LogP contribution in [-0.4, -0.2) is 40.6 Å².